The average molecular weight is 362 g/mol. The summed E-state index contributed by atoms with van der Waals surface area (Å²) < 4.78 is 5.25. The van der Waals surface area contributed by atoms with Crippen molar-refractivity contribution in [2.45, 2.75) is 32.2 Å². The summed E-state index contributed by atoms with van der Waals surface area (Å²) >= 11 is 0. The molecule has 4 rings (SSSR count). The zero-order chi connectivity index (χ0) is 18.6. The van der Waals surface area contributed by atoms with E-state index in [0.717, 1.165) is 29.4 Å². The SMILES string of the molecule is COc1ccc(CN2C(C3=NOC(c4ccccn4)C3)=CC=NC2C)cc1. The van der Waals surface area contributed by atoms with Crippen LogP contribution in [0.3, 0.4) is 0 Å². The van der Waals surface area contributed by atoms with Gasteiger partial charge in [0.1, 0.15) is 17.6 Å². The Morgan fingerprint density at radius 3 is 2.78 bits per heavy atom. The minimum atomic E-state index is -0.140. The van der Waals surface area contributed by atoms with Crippen LogP contribution in [0.25, 0.3) is 0 Å². The van der Waals surface area contributed by atoms with Crippen molar-refractivity contribution in [2.24, 2.45) is 10.1 Å². The van der Waals surface area contributed by atoms with Gasteiger partial charge in [-0.25, -0.2) is 0 Å². The molecule has 2 atom stereocenters. The number of methoxy groups -OCH3 is 1. The lowest BCUT2D eigenvalue weighted by Crippen LogP contribution is -2.36. The molecule has 0 saturated carbocycles. The van der Waals surface area contributed by atoms with Crippen LogP contribution in [-0.4, -0.2) is 35.1 Å². The Bertz CT molecular complexity index is 875. The van der Waals surface area contributed by atoms with Crippen LogP contribution < -0.4 is 4.74 Å². The molecule has 6 nitrogen and oxygen atoms in total. The molecule has 0 aliphatic carbocycles. The Morgan fingerprint density at radius 2 is 2.04 bits per heavy atom. The summed E-state index contributed by atoms with van der Waals surface area (Å²) in [5.74, 6) is 0.853. The Labute approximate surface area is 158 Å². The van der Waals surface area contributed by atoms with E-state index in [1.807, 2.05) is 42.6 Å². The summed E-state index contributed by atoms with van der Waals surface area (Å²) in [6.45, 7) is 2.82. The summed E-state index contributed by atoms with van der Waals surface area (Å²) in [6.07, 6.45) is 6.22. The van der Waals surface area contributed by atoms with E-state index in [9.17, 15) is 0 Å². The first-order valence-corrected chi connectivity index (χ1v) is 9.01. The van der Waals surface area contributed by atoms with E-state index in [1.165, 1.54) is 5.56 Å². The first kappa shape index (κ1) is 17.3. The molecule has 6 heteroatoms. The largest absolute Gasteiger partial charge is 0.497 e. The first-order chi connectivity index (χ1) is 13.2. The molecule has 2 unspecified atom stereocenters. The number of oxime groups is 1. The zero-order valence-corrected chi connectivity index (χ0v) is 15.4. The predicted octanol–water partition coefficient (Wildman–Crippen LogP) is 3.72. The topological polar surface area (TPSA) is 59.3 Å². The van der Waals surface area contributed by atoms with E-state index >= 15 is 0 Å². The fourth-order valence-electron chi connectivity index (χ4n) is 3.28. The number of benzene rings is 1. The molecule has 0 N–H and O–H groups in total. The zero-order valence-electron chi connectivity index (χ0n) is 15.4. The van der Waals surface area contributed by atoms with Crippen LogP contribution in [-0.2, 0) is 11.4 Å². The summed E-state index contributed by atoms with van der Waals surface area (Å²) in [7, 11) is 1.67. The fraction of sp³-hybridized carbons (Fsp3) is 0.286. The standard InChI is InChI=1S/C21H22N4O2/c1-15-22-12-10-20(25(15)14-16-6-8-17(26-2)9-7-16)19-13-21(27-24-19)18-5-3-4-11-23-18/h3-12,15,21H,13-14H2,1-2H3. The molecule has 0 fully saturated rings. The molecule has 27 heavy (non-hydrogen) atoms. The number of rotatable bonds is 5. The fourth-order valence-corrected chi connectivity index (χ4v) is 3.28. The molecule has 2 aliphatic heterocycles. The minimum Gasteiger partial charge on any atom is -0.497 e. The normalized spacial score (nSPS) is 21.5. The van der Waals surface area contributed by atoms with Crippen LogP contribution in [0.2, 0.25) is 0 Å². The first-order valence-electron chi connectivity index (χ1n) is 9.01. The third kappa shape index (κ3) is 3.69. The molecule has 0 spiro atoms. The van der Waals surface area contributed by atoms with Gasteiger partial charge in [-0.3, -0.25) is 9.98 Å². The van der Waals surface area contributed by atoms with Gasteiger partial charge in [-0.05, 0) is 42.8 Å². The average Bonchev–Trinajstić information content (AvgIpc) is 3.21. The van der Waals surface area contributed by atoms with Gasteiger partial charge in [-0.2, -0.15) is 0 Å². The van der Waals surface area contributed by atoms with Gasteiger partial charge in [-0.15, -0.1) is 0 Å². The van der Waals surface area contributed by atoms with Crippen molar-refractivity contribution in [3.05, 3.63) is 71.7 Å². The molecule has 0 amide bonds. The molecule has 138 valence electrons. The monoisotopic (exact) mass is 362 g/mol. The molecular formula is C21H22N4O2. The van der Waals surface area contributed by atoms with Crippen LogP contribution in [0.5, 0.6) is 5.75 Å². The van der Waals surface area contributed by atoms with E-state index in [0.29, 0.717) is 6.42 Å². The van der Waals surface area contributed by atoms with Crippen molar-refractivity contribution < 1.29 is 9.57 Å². The van der Waals surface area contributed by atoms with Gasteiger partial charge < -0.3 is 14.5 Å². The lowest BCUT2D eigenvalue weighted by Gasteiger charge is -2.32. The van der Waals surface area contributed by atoms with Crippen LogP contribution >= 0.6 is 0 Å². The molecular weight excluding hydrogens is 340 g/mol. The number of ether oxygens (including phenoxy) is 1. The molecule has 3 heterocycles. The predicted molar refractivity (Wildman–Crippen MR) is 105 cm³/mol. The molecule has 0 radical (unpaired) electrons. The Balaban J connectivity index is 1.51. The maximum Gasteiger partial charge on any atom is 0.175 e. The van der Waals surface area contributed by atoms with Crippen molar-refractivity contribution in [3.63, 3.8) is 0 Å². The molecule has 1 aromatic heterocycles. The van der Waals surface area contributed by atoms with Crippen LogP contribution in [0.4, 0.5) is 0 Å². The van der Waals surface area contributed by atoms with Crippen molar-refractivity contribution in [3.8, 4) is 5.75 Å². The minimum absolute atomic E-state index is 0.0312. The highest BCUT2D eigenvalue weighted by Gasteiger charge is 2.30. The third-order valence-electron chi connectivity index (χ3n) is 4.79. The maximum atomic E-state index is 5.67. The van der Waals surface area contributed by atoms with Gasteiger partial charge >= 0.3 is 0 Å². The summed E-state index contributed by atoms with van der Waals surface area (Å²) in [5.41, 5.74) is 4.06. The van der Waals surface area contributed by atoms with E-state index in [4.69, 9.17) is 9.57 Å². The van der Waals surface area contributed by atoms with Gasteiger partial charge in [0.2, 0.25) is 0 Å². The molecule has 0 saturated heterocycles. The van der Waals surface area contributed by atoms with Crippen LogP contribution in [0.1, 0.15) is 30.7 Å². The lowest BCUT2D eigenvalue weighted by atomic mass is 10.0. The number of aromatic nitrogens is 1. The number of aliphatic imine (C=N–C) groups is 1. The Hall–Kier alpha value is -3.15. The number of hydrogen-bond acceptors (Lipinski definition) is 6. The smallest absolute Gasteiger partial charge is 0.175 e. The Morgan fingerprint density at radius 1 is 1.19 bits per heavy atom. The number of allylic oxidation sites excluding steroid dienone is 2. The second-order valence-electron chi connectivity index (χ2n) is 6.55. The van der Waals surface area contributed by atoms with E-state index < -0.39 is 0 Å². The highest BCUT2D eigenvalue weighted by molar-refractivity contribution is 6.03. The second kappa shape index (κ2) is 7.61. The van der Waals surface area contributed by atoms with Crippen LogP contribution in [0.15, 0.2) is 70.6 Å². The number of nitrogens with zero attached hydrogens (tertiary/aromatic N) is 4. The van der Waals surface area contributed by atoms with Gasteiger partial charge in [0, 0.05) is 25.4 Å². The van der Waals surface area contributed by atoms with Crippen LogP contribution in [0, 0.1) is 0 Å². The van der Waals surface area contributed by atoms with E-state index in [-0.39, 0.29) is 12.3 Å². The van der Waals surface area contributed by atoms with Gasteiger partial charge in [0.25, 0.3) is 0 Å². The van der Waals surface area contributed by atoms with E-state index in [2.05, 4.69) is 39.1 Å². The maximum absolute atomic E-state index is 5.67. The quantitative estimate of drug-likeness (QED) is 0.813. The number of pyridine rings is 1. The van der Waals surface area contributed by atoms with E-state index in [1.54, 1.807) is 13.3 Å². The summed E-state index contributed by atoms with van der Waals surface area (Å²) in [4.78, 5) is 16.8. The third-order valence-corrected chi connectivity index (χ3v) is 4.79. The van der Waals surface area contributed by atoms with Crippen molar-refractivity contribution in [1.29, 1.82) is 0 Å². The van der Waals surface area contributed by atoms with Gasteiger partial charge in [0.05, 0.1) is 18.5 Å². The molecule has 1 aromatic carbocycles. The lowest BCUT2D eigenvalue weighted by molar-refractivity contribution is 0.0825. The van der Waals surface area contributed by atoms with Crippen molar-refractivity contribution >= 4 is 11.9 Å². The van der Waals surface area contributed by atoms with Crippen molar-refractivity contribution in [1.82, 2.24) is 9.88 Å². The van der Waals surface area contributed by atoms with Gasteiger partial charge in [-0.1, -0.05) is 23.4 Å². The second-order valence-corrected chi connectivity index (χ2v) is 6.55. The summed E-state index contributed by atoms with van der Waals surface area (Å²) in [6, 6.07) is 13.9. The highest BCUT2D eigenvalue weighted by Crippen LogP contribution is 2.31. The summed E-state index contributed by atoms with van der Waals surface area (Å²) in [5, 5.41) is 4.36. The van der Waals surface area contributed by atoms with Gasteiger partial charge in [0.15, 0.2) is 6.10 Å². The van der Waals surface area contributed by atoms with Crippen molar-refractivity contribution in [2.75, 3.05) is 7.11 Å². The molecule has 2 aliphatic rings. The highest BCUT2D eigenvalue weighted by atomic mass is 16.6. The molecule has 2 aromatic rings. The number of hydrogen-bond donors (Lipinski definition) is 0. The molecule has 0 bridgehead atoms. The Kier molecular flexibility index (Phi) is 4.87.